The number of ether oxygens (including phenoxy) is 2. The van der Waals surface area contributed by atoms with Gasteiger partial charge in [-0.3, -0.25) is 43.3 Å². The lowest BCUT2D eigenvalue weighted by molar-refractivity contribution is -0.155. The summed E-state index contributed by atoms with van der Waals surface area (Å²) < 4.78 is 11.1. The third-order valence-corrected chi connectivity index (χ3v) is 13.0. The number of benzene rings is 1. The molecule has 0 aliphatic carbocycles. The Kier molecular flexibility index (Phi) is 25.0. The molecule has 1 heterocycles. The van der Waals surface area contributed by atoms with Gasteiger partial charge >= 0.3 is 5.97 Å². The number of likely N-dealkylation sites (N-methyl/N-ethyl adjacent to an activating group) is 2. The number of Topliss-reactive ketones (excluding diaryl/α,β-unsaturated/α-hetero) is 2. The molecular weight excluding hydrogens is 887 g/mol. The number of aliphatic hydroxyl groups excluding tert-OH is 1. The molecule has 1 fully saturated rings. The Labute approximate surface area is 410 Å². The molecular formula is C51H85N7O11. The third-order valence-electron chi connectivity index (χ3n) is 13.0. The third kappa shape index (κ3) is 18.4. The highest BCUT2D eigenvalue weighted by atomic mass is 16.5. The van der Waals surface area contributed by atoms with Crippen LogP contribution >= 0.6 is 0 Å². The molecule has 0 saturated carbocycles. The van der Waals surface area contributed by atoms with Gasteiger partial charge in [0.25, 0.3) is 0 Å². The van der Waals surface area contributed by atoms with Crippen molar-refractivity contribution < 1.29 is 52.9 Å². The van der Waals surface area contributed by atoms with E-state index in [9.17, 15) is 43.5 Å². The largest absolute Gasteiger partial charge is 0.497 e. The van der Waals surface area contributed by atoms with Crippen molar-refractivity contribution in [3.05, 3.63) is 29.8 Å². The summed E-state index contributed by atoms with van der Waals surface area (Å²) in [6, 6.07) is 0.623. The number of carbonyl (C=O) groups is 8. The van der Waals surface area contributed by atoms with Crippen molar-refractivity contribution in [2.45, 2.75) is 176 Å². The molecule has 2 rings (SSSR count). The maximum atomic E-state index is 14.4. The number of hydrogen-bond acceptors (Lipinski definition) is 13. The van der Waals surface area contributed by atoms with Gasteiger partial charge in [0, 0.05) is 6.54 Å². The van der Waals surface area contributed by atoms with Crippen LogP contribution in [0.25, 0.3) is 0 Å². The number of methoxy groups -OCH3 is 1. The van der Waals surface area contributed by atoms with Crippen LogP contribution < -0.4 is 31.3 Å². The van der Waals surface area contributed by atoms with E-state index in [0.29, 0.717) is 38.0 Å². The zero-order valence-electron chi connectivity index (χ0n) is 44.0. The molecule has 18 heteroatoms. The molecule has 18 nitrogen and oxygen atoms in total. The number of rotatable bonds is 29. The van der Waals surface area contributed by atoms with Gasteiger partial charge in [-0.25, -0.2) is 0 Å². The molecule has 390 valence electrons. The minimum atomic E-state index is -1.48. The van der Waals surface area contributed by atoms with Crippen molar-refractivity contribution in [2.24, 2.45) is 29.6 Å². The van der Waals surface area contributed by atoms with Crippen molar-refractivity contribution in [3.63, 3.8) is 0 Å². The number of esters is 1. The van der Waals surface area contributed by atoms with E-state index in [-0.39, 0.29) is 36.4 Å². The van der Waals surface area contributed by atoms with Gasteiger partial charge in [-0.1, -0.05) is 73.9 Å². The van der Waals surface area contributed by atoms with E-state index in [4.69, 9.17) is 9.47 Å². The Balaban J connectivity index is 2.33. The SMILES string of the molecule is CC[C@H](C)[C@@H](NC(=O)C(NC(=O)[C@@H](CC(C)C)N(C)C)[C@@H](C)OC(=O)[C@H](Cc1ccc(OC)cc1)NC)C(O)CC(=O)N[C@H](C(=O)[C@H](C)C(=O)N[C@@H](CC(C)C)C(=O)N1CCC[C@@H]1C(C)=O)C(C)C. The van der Waals surface area contributed by atoms with E-state index in [0.717, 1.165) is 5.56 Å². The van der Waals surface area contributed by atoms with Gasteiger partial charge < -0.3 is 46.1 Å². The average molecular weight is 972 g/mol. The summed E-state index contributed by atoms with van der Waals surface area (Å²) in [4.78, 5) is 113. The molecule has 1 aliphatic rings. The normalized spacial score (nSPS) is 18.3. The van der Waals surface area contributed by atoms with E-state index in [1.165, 1.54) is 25.7 Å². The molecule has 0 bridgehead atoms. The van der Waals surface area contributed by atoms with E-state index >= 15 is 0 Å². The lowest BCUT2D eigenvalue weighted by Gasteiger charge is -2.34. The lowest BCUT2D eigenvalue weighted by Crippen LogP contribution is -2.61. The molecule has 1 saturated heterocycles. The van der Waals surface area contributed by atoms with E-state index in [2.05, 4.69) is 26.6 Å². The van der Waals surface area contributed by atoms with E-state index < -0.39 is 114 Å². The molecule has 1 aromatic carbocycles. The highest BCUT2D eigenvalue weighted by molar-refractivity contribution is 6.05. The van der Waals surface area contributed by atoms with Crippen LogP contribution in [0.1, 0.15) is 120 Å². The van der Waals surface area contributed by atoms with Crippen LogP contribution in [0.3, 0.4) is 0 Å². The molecule has 5 amide bonds. The van der Waals surface area contributed by atoms with Crippen molar-refractivity contribution in [1.29, 1.82) is 0 Å². The quantitative estimate of drug-likeness (QED) is 0.0501. The second kappa shape index (κ2) is 28.7. The fourth-order valence-electron chi connectivity index (χ4n) is 8.56. The van der Waals surface area contributed by atoms with Gasteiger partial charge in [0.1, 0.15) is 30.0 Å². The highest BCUT2D eigenvalue weighted by Gasteiger charge is 2.40. The van der Waals surface area contributed by atoms with Gasteiger partial charge in [0.2, 0.25) is 29.5 Å². The first-order chi connectivity index (χ1) is 32.3. The zero-order chi connectivity index (χ0) is 52.4. The molecule has 0 aromatic heterocycles. The predicted molar refractivity (Wildman–Crippen MR) is 264 cm³/mol. The molecule has 0 spiro atoms. The van der Waals surface area contributed by atoms with Crippen LogP contribution in [0, 0.1) is 29.6 Å². The Morgan fingerprint density at radius 1 is 0.797 bits per heavy atom. The minimum Gasteiger partial charge on any atom is -0.497 e. The number of amides is 5. The lowest BCUT2D eigenvalue weighted by atomic mass is 9.89. The molecule has 6 N–H and O–H groups in total. The van der Waals surface area contributed by atoms with Gasteiger partial charge in [0.05, 0.1) is 49.7 Å². The van der Waals surface area contributed by atoms with E-state index in [1.54, 1.807) is 66.1 Å². The Hall–Kier alpha value is -4.94. The number of nitrogens with one attached hydrogen (secondary N) is 5. The standard InChI is InChI=1S/C51H85N7O11/c1-16-31(8)44(41(60)27-42(61)54-43(30(6)7)46(62)32(9)47(63)53-37(24-28(2)3)50(66)58-23-17-18-39(58)33(10)59)55-49(65)45(56-48(64)40(57(13)14)25-29(4)5)34(11)69-51(67)38(52-12)26-35-19-21-36(68-15)22-20-35/h19-22,28-32,34,37-41,43-45,52,60H,16-18,23-27H2,1-15H3,(H,53,63)(H,54,61)(H,55,65)(H,56,64)/t31-,32-,34+,37-,38-,39+,40+,41?,43-,44+,45?/m0/s1. The highest BCUT2D eigenvalue weighted by Crippen LogP contribution is 2.23. The summed E-state index contributed by atoms with van der Waals surface area (Å²) in [7, 11) is 6.67. The number of hydrogen-bond donors (Lipinski definition) is 6. The van der Waals surface area contributed by atoms with Gasteiger partial charge in [0.15, 0.2) is 11.6 Å². The Bertz CT molecular complexity index is 1870. The smallest absolute Gasteiger partial charge is 0.323 e. The van der Waals surface area contributed by atoms with Crippen LogP contribution in [-0.4, -0.2) is 151 Å². The van der Waals surface area contributed by atoms with Gasteiger partial charge in [-0.15, -0.1) is 0 Å². The number of aliphatic hydroxyl groups is 1. The minimum absolute atomic E-state index is 0.00456. The topological polar surface area (TPSA) is 242 Å². The first kappa shape index (κ1) is 60.2. The van der Waals surface area contributed by atoms with Crippen molar-refractivity contribution in [1.82, 2.24) is 36.4 Å². The van der Waals surface area contributed by atoms with Crippen LogP contribution in [0.2, 0.25) is 0 Å². The first-order valence-corrected chi connectivity index (χ1v) is 24.7. The first-order valence-electron chi connectivity index (χ1n) is 24.7. The molecule has 69 heavy (non-hydrogen) atoms. The zero-order valence-corrected chi connectivity index (χ0v) is 44.0. The Morgan fingerprint density at radius 3 is 1.91 bits per heavy atom. The van der Waals surface area contributed by atoms with Crippen molar-refractivity contribution in [3.8, 4) is 5.75 Å². The number of carbonyl (C=O) groups excluding carboxylic acids is 8. The Morgan fingerprint density at radius 2 is 1.41 bits per heavy atom. The molecule has 2 unspecified atom stereocenters. The van der Waals surface area contributed by atoms with Gasteiger partial charge in [-0.05, 0) is 115 Å². The molecule has 11 atom stereocenters. The average Bonchev–Trinajstić information content (AvgIpc) is 3.79. The summed E-state index contributed by atoms with van der Waals surface area (Å²) in [6.45, 7) is 19.5. The van der Waals surface area contributed by atoms with Gasteiger partial charge in [-0.2, -0.15) is 0 Å². The summed E-state index contributed by atoms with van der Waals surface area (Å²) in [6.07, 6.45) is -0.531. The molecule has 0 radical (unpaired) electrons. The second-order valence-electron chi connectivity index (χ2n) is 20.2. The van der Waals surface area contributed by atoms with Crippen LogP contribution in [-0.2, 0) is 49.5 Å². The summed E-state index contributed by atoms with van der Waals surface area (Å²) in [5, 5.41) is 25.8. The number of nitrogens with zero attached hydrogens (tertiary/aromatic N) is 2. The second-order valence-corrected chi connectivity index (χ2v) is 20.2. The fraction of sp³-hybridized carbons (Fsp3) is 0.725. The monoisotopic (exact) mass is 972 g/mol. The maximum absolute atomic E-state index is 14.4. The maximum Gasteiger partial charge on any atom is 0.323 e. The number of likely N-dealkylation sites (tertiary alicyclic amines) is 1. The number of ketones is 2. The van der Waals surface area contributed by atoms with Crippen LogP contribution in [0.4, 0.5) is 0 Å². The van der Waals surface area contributed by atoms with E-state index in [1.807, 2.05) is 46.8 Å². The van der Waals surface area contributed by atoms with Crippen molar-refractivity contribution in [2.75, 3.05) is 34.8 Å². The summed E-state index contributed by atoms with van der Waals surface area (Å²) in [5.41, 5.74) is 0.824. The van der Waals surface area contributed by atoms with Crippen LogP contribution in [0.5, 0.6) is 5.75 Å². The fourth-order valence-corrected chi connectivity index (χ4v) is 8.56. The predicted octanol–water partition coefficient (Wildman–Crippen LogP) is 2.96. The summed E-state index contributed by atoms with van der Waals surface area (Å²) >= 11 is 0. The van der Waals surface area contributed by atoms with Crippen LogP contribution in [0.15, 0.2) is 24.3 Å². The summed E-state index contributed by atoms with van der Waals surface area (Å²) in [5.74, 6) is -5.79. The van der Waals surface area contributed by atoms with Crippen molar-refractivity contribution >= 4 is 47.1 Å². The molecule has 1 aliphatic heterocycles. The molecule has 1 aromatic rings.